The molecule has 3 heteroatoms. The van der Waals surface area contributed by atoms with Crippen LogP contribution < -0.4 is 9.47 Å². The molecule has 0 aliphatic heterocycles. The highest BCUT2D eigenvalue weighted by Crippen LogP contribution is 2.16. The summed E-state index contributed by atoms with van der Waals surface area (Å²) < 4.78 is 11.4. The summed E-state index contributed by atoms with van der Waals surface area (Å²) in [6, 6.07) is 18.1. The van der Waals surface area contributed by atoms with Gasteiger partial charge in [-0.2, -0.15) is 0 Å². The van der Waals surface area contributed by atoms with E-state index in [9.17, 15) is 0 Å². The summed E-state index contributed by atoms with van der Waals surface area (Å²) in [6.45, 7) is 1.46. The number of ether oxygens (including phenoxy) is 2. The van der Waals surface area contributed by atoms with E-state index in [0.29, 0.717) is 0 Å². The first-order valence-electron chi connectivity index (χ1n) is 6.84. The zero-order valence-corrected chi connectivity index (χ0v) is 13.0. The second kappa shape index (κ2) is 8.64. The fraction of sp³-hybridized carbons (Fsp3) is 0.294. The first kappa shape index (κ1) is 14.9. The Morgan fingerprint density at radius 2 is 1.40 bits per heavy atom. The summed E-state index contributed by atoms with van der Waals surface area (Å²) >= 11 is 3.44. The molecule has 0 aliphatic carbocycles. The molecule has 0 amide bonds. The third-order valence-electron chi connectivity index (χ3n) is 2.87. The van der Waals surface area contributed by atoms with Gasteiger partial charge in [0.25, 0.3) is 0 Å². The average Bonchev–Trinajstić information content (AvgIpc) is 2.52. The van der Waals surface area contributed by atoms with Gasteiger partial charge in [-0.15, -0.1) is 0 Å². The van der Waals surface area contributed by atoms with Gasteiger partial charge in [-0.1, -0.05) is 46.3 Å². The Labute approximate surface area is 128 Å². The molecule has 0 saturated carbocycles. The monoisotopic (exact) mass is 334 g/mol. The molecular formula is C17H19BrO2. The molecule has 0 radical (unpaired) electrons. The zero-order valence-electron chi connectivity index (χ0n) is 11.4. The van der Waals surface area contributed by atoms with Gasteiger partial charge in [0, 0.05) is 5.33 Å². The summed E-state index contributed by atoms with van der Waals surface area (Å²) in [5, 5.41) is 0.856. The van der Waals surface area contributed by atoms with Crippen molar-refractivity contribution in [1.82, 2.24) is 0 Å². The van der Waals surface area contributed by atoms with Gasteiger partial charge in [-0.05, 0) is 42.7 Å². The maximum atomic E-state index is 5.72. The molecule has 0 atom stereocenters. The number of halogens is 1. The van der Waals surface area contributed by atoms with Crippen molar-refractivity contribution < 1.29 is 9.47 Å². The van der Waals surface area contributed by atoms with Gasteiger partial charge >= 0.3 is 0 Å². The highest BCUT2D eigenvalue weighted by Gasteiger charge is 1.97. The Bertz CT molecular complexity index is 499. The highest BCUT2D eigenvalue weighted by molar-refractivity contribution is 9.08. The van der Waals surface area contributed by atoms with Crippen LogP contribution in [0, 0.1) is 0 Å². The third kappa shape index (κ3) is 5.25. The van der Waals surface area contributed by atoms with Crippen LogP contribution in [-0.2, 0) is 5.33 Å². The second-order valence-electron chi connectivity index (χ2n) is 4.50. The minimum absolute atomic E-state index is 0.726. The van der Waals surface area contributed by atoms with Crippen LogP contribution in [0.3, 0.4) is 0 Å². The first-order chi connectivity index (χ1) is 9.88. The van der Waals surface area contributed by atoms with Crippen LogP contribution in [0.4, 0.5) is 0 Å². The largest absolute Gasteiger partial charge is 0.494 e. The number of benzene rings is 2. The summed E-state index contributed by atoms with van der Waals surface area (Å²) in [4.78, 5) is 0. The number of hydrogen-bond donors (Lipinski definition) is 0. The molecule has 106 valence electrons. The minimum atomic E-state index is 0.726. The lowest BCUT2D eigenvalue weighted by Crippen LogP contribution is -2.02. The number of unbranched alkanes of at least 4 members (excludes halogenated alkanes) is 1. The quantitative estimate of drug-likeness (QED) is 0.509. The van der Waals surface area contributed by atoms with Crippen molar-refractivity contribution >= 4 is 15.9 Å². The van der Waals surface area contributed by atoms with E-state index in [1.807, 2.05) is 42.5 Å². The highest BCUT2D eigenvalue weighted by atomic mass is 79.9. The lowest BCUT2D eigenvalue weighted by Gasteiger charge is -2.08. The summed E-state index contributed by atoms with van der Waals surface area (Å²) in [6.07, 6.45) is 1.98. The maximum Gasteiger partial charge on any atom is 0.119 e. The molecule has 2 nitrogen and oxygen atoms in total. The van der Waals surface area contributed by atoms with E-state index in [-0.39, 0.29) is 0 Å². The molecular weight excluding hydrogens is 316 g/mol. The summed E-state index contributed by atoms with van der Waals surface area (Å²) in [5.41, 5.74) is 1.23. The lowest BCUT2D eigenvalue weighted by atomic mass is 10.2. The van der Waals surface area contributed by atoms with Gasteiger partial charge in [-0.3, -0.25) is 0 Å². The number of para-hydroxylation sites is 1. The molecule has 0 N–H and O–H groups in total. The van der Waals surface area contributed by atoms with Crippen molar-refractivity contribution in [1.29, 1.82) is 0 Å². The molecule has 2 rings (SSSR count). The predicted octanol–water partition coefficient (Wildman–Crippen LogP) is 4.82. The zero-order chi connectivity index (χ0) is 14.0. The molecule has 2 aromatic carbocycles. The molecule has 0 aliphatic rings. The van der Waals surface area contributed by atoms with Gasteiger partial charge in [0.05, 0.1) is 13.2 Å². The summed E-state index contributed by atoms with van der Waals surface area (Å²) in [5.74, 6) is 1.87. The van der Waals surface area contributed by atoms with E-state index in [1.54, 1.807) is 0 Å². The molecule has 0 saturated heterocycles. The predicted molar refractivity (Wildman–Crippen MR) is 85.7 cm³/mol. The van der Waals surface area contributed by atoms with Gasteiger partial charge in [0.2, 0.25) is 0 Å². The van der Waals surface area contributed by atoms with Crippen molar-refractivity contribution in [3.05, 3.63) is 60.2 Å². The van der Waals surface area contributed by atoms with Gasteiger partial charge in [0.1, 0.15) is 11.5 Å². The molecule has 0 spiro atoms. The fourth-order valence-corrected chi connectivity index (χ4v) is 2.17. The van der Waals surface area contributed by atoms with Crippen LogP contribution in [0.25, 0.3) is 0 Å². The van der Waals surface area contributed by atoms with Crippen LogP contribution >= 0.6 is 15.9 Å². The Hall–Kier alpha value is -1.48. The van der Waals surface area contributed by atoms with Crippen molar-refractivity contribution in [2.24, 2.45) is 0 Å². The van der Waals surface area contributed by atoms with Crippen molar-refractivity contribution in [3.8, 4) is 11.5 Å². The van der Waals surface area contributed by atoms with Crippen LogP contribution in [0.15, 0.2) is 54.6 Å². The topological polar surface area (TPSA) is 18.5 Å². The van der Waals surface area contributed by atoms with E-state index >= 15 is 0 Å². The fourth-order valence-electron chi connectivity index (χ4n) is 1.82. The number of alkyl halides is 1. The Kier molecular flexibility index (Phi) is 6.45. The lowest BCUT2D eigenvalue weighted by molar-refractivity contribution is 0.266. The molecule has 2 aromatic rings. The minimum Gasteiger partial charge on any atom is -0.494 e. The normalized spacial score (nSPS) is 10.2. The molecule has 0 unspecified atom stereocenters. The standard InChI is InChI=1S/C17H19BrO2/c18-14-15-7-6-10-17(13-15)20-12-5-4-11-19-16-8-2-1-3-9-16/h1-3,6-10,13H,4-5,11-12,14H2. The van der Waals surface area contributed by atoms with E-state index in [1.165, 1.54) is 5.56 Å². The van der Waals surface area contributed by atoms with Crippen LogP contribution in [0.2, 0.25) is 0 Å². The molecule has 0 bridgehead atoms. The van der Waals surface area contributed by atoms with Gasteiger partial charge in [-0.25, -0.2) is 0 Å². The van der Waals surface area contributed by atoms with E-state index in [0.717, 1.165) is 42.9 Å². The Morgan fingerprint density at radius 1 is 0.750 bits per heavy atom. The Balaban J connectivity index is 1.59. The number of rotatable bonds is 8. The van der Waals surface area contributed by atoms with Crippen molar-refractivity contribution in [3.63, 3.8) is 0 Å². The van der Waals surface area contributed by atoms with Gasteiger partial charge < -0.3 is 9.47 Å². The van der Waals surface area contributed by atoms with E-state index in [2.05, 4.69) is 28.1 Å². The molecule has 0 fully saturated rings. The van der Waals surface area contributed by atoms with Crippen LogP contribution in [-0.4, -0.2) is 13.2 Å². The smallest absolute Gasteiger partial charge is 0.119 e. The van der Waals surface area contributed by atoms with E-state index in [4.69, 9.17) is 9.47 Å². The van der Waals surface area contributed by atoms with Gasteiger partial charge in [0.15, 0.2) is 0 Å². The second-order valence-corrected chi connectivity index (χ2v) is 5.06. The average molecular weight is 335 g/mol. The summed E-state index contributed by atoms with van der Waals surface area (Å²) in [7, 11) is 0. The van der Waals surface area contributed by atoms with E-state index < -0.39 is 0 Å². The first-order valence-corrected chi connectivity index (χ1v) is 7.96. The molecule has 0 aromatic heterocycles. The Morgan fingerprint density at radius 3 is 2.10 bits per heavy atom. The SMILES string of the molecule is BrCc1cccc(OCCCCOc2ccccc2)c1. The van der Waals surface area contributed by atoms with Crippen LogP contribution in [0.1, 0.15) is 18.4 Å². The molecule has 0 heterocycles. The van der Waals surface area contributed by atoms with Crippen LogP contribution in [0.5, 0.6) is 11.5 Å². The van der Waals surface area contributed by atoms with Crippen molar-refractivity contribution in [2.75, 3.05) is 13.2 Å². The van der Waals surface area contributed by atoms with Crippen molar-refractivity contribution in [2.45, 2.75) is 18.2 Å². The number of hydrogen-bond acceptors (Lipinski definition) is 2. The maximum absolute atomic E-state index is 5.72. The third-order valence-corrected chi connectivity index (χ3v) is 3.52. The molecule has 20 heavy (non-hydrogen) atoms.